The van der Waals surface area contributed by atoms with Gasteiger partial charge in [0.15, 0.2) is 0 Å². The van der Waals surface area contributed by atoms with E-state index < -0.39 is 18.8 Å². The average Bonchev–Trinajstić information content (AvgIpc) is 2.17. The van der Waals surface area contributed by atoms with Crippen molar-refractivity contribution >= 4 is 27.5 Å². The summed E-state index contributed by atoms with van der Waals surface area (Å²) in [5, 5.41) is 0.103. The molecule has 0 saturated carbocycles. The molecule has 1 unspecified atom stereocenters. The highest BCUT2D eigenvalue weighted by Crippen LogP contribution is 2.31. The Morgan fingerprint density at radius 1 is 1.44 bits per heavy atom. The van der Waals surface area contributed by atoms with Crippen molar-refractivity contribution in [3.63, 3.8) is 0 Å². The van der Waals surface area contributed by atoms with Crippen LogP contribution in [-0.2, 0) is 0 Å². The van der Waals surface area contributed by atoms with Gasteiger partial charge in [-0.15, -0.1) is 0 Å². The van der Waals surface area contributed by atoms with Gasteiger partial charge in [0.25, 0.3) is 0 Å². The van der Waals surface area contributed by atoms with Crippen molar-refractivity contribution in [1.82, 2.24) is 0 Å². The maximum Gasteiger partial charge on any atom is 0.426 e. The van der Waals surface area contributed by atoms with E-state index >= 15 is 0 Å². The van der Waals surface area contributed by atoms with E-state index in [1.165, 1.54) is 12.1 Å². The summed E-state index contributed by atoms with van der Waals surface area (Å²) in [6, 6.07) is 4.39. The summed E-state index contributed by atoms with van der Waals surface area (Å²) in [7, 11) is 0. The van der Waals surface area contributed by atoms with E-state index in [0.29, 0.717) is 4.47 Å². The summed E-state index contributed by atoms with van der Waals surface area (Å²) in [4.78, 5) is 0. The highest BCUT2D eigenvalue weighted by molar-refractivity contribution is 9.10. The number of rotatable bonds is 3. The van der Waals surface area contributed by atoms with Gasteiger partial charge in [-0.05, 0) is 18.2 Å². The van der Waals surface area contributed by atoms with Crippen LogP contribution in [0.2, 0.25) is 5.02 Å². The third-order valence-electron chi connectivity index (χ3n) is 1.74. The highest BCUT2D eigenvalue weighted by Gasteiger charge is 2.41. The number of halogens is 5. The van der Waals surface area contributed by atoms with E-state index in [0.717, 1.165) is 0 Å². The first kappa shape index (κ1) is 13.6. The van der Waals surface area contributed by atoms with Crippen LogP contribution >= 0.6 is 27.5 Å². The Balaban J connectivity index is 2.90. The average molecular weight is 319 g/mol. The minimum Gasteiger partial charge on any atom is -0.478 e. The molecular weight excluding hydrogens is 310 g/mol. The zero-order valence-electron chi connectivity index (χ0n) is 7.89. The number of benzene rings is 1. The van der Waals surface area contributed by atoms with Gasteiger partial charge >= 0.3 is 6.18 Å². The number of nitrogens with two attached hydrogens (primary N) is 1. The molecule has 0 radical (unpaired) electrons. The molecule has 7 heteroatoms. The molecule has 0 aromatic heterocycles. The Morgan fingerprint density at radius 3 is 2.56 bits per heavy atom. The van der Waals surface area contributed by atoms with Crippen LogP contribution in [0.25, 0.3) is 0 Å². The summed E-state index contributed by atoms with van der Waals surface area (Å²) in [5.41, 5.74) is 5.00. The Labute approximate surface area is 104 Å². The van der Waals surface area contributed by atoms with Gasteiger partial charge in [-0.1, -0.05) is 27.5 Å². The summed E-state index contributed by atoms with van der Waals surface area (Å²) in [6.45, 7) is -0.660. The van der Waals surface area contributed by atoms with Gasteiger partial charge in [-0.25, -0.2) is 0 Å². The fourth-order valence-electron chi connectivity index (χ4n) is 0.969. The molecule has 2 N–H and O–H groups in total. The number of alkyl halides is 3. The quantitative estimate of drug-likeness (QED) is 0.927. The van der Waals surface area contributed by atoms with Crippen molar-refractivity contribution in [3.8, 4) is 5.75 Å². The molecule has 0 bridgehead atoms. The summed E-state index contributed by atoms with van der Waals surface area (Å²) < 4.78 is 42.4. The van der Waals surface area contributed by atoms with E-state index in [-0.39, 0.29) is 10.8 Å². The molecule has 1 aromatic rings. The van der Waals surface area contributed by atoms with Gasteiger partial charge < -0.3 is 10.5 Å². The van der Waals surface area contributed by atoms with Crippen LogP contribution in [-0.4, -0.2) is 18.8 Å². The van der Waals surface area contributed by atoms with E-state index in [2.05, 4.69) is 15.9 Å². The second-order valence-electron chi connectivity index (χ2n) is 2.96. The minimum absolute atomic E-state index is 0.0520. The largest absolute Gasteiger partial charge is 0.478 e. The van der Waals surface area contributed by atoms with E-state index in [1.54, 1.807) is 6.07 Å². The van der Waals surface area contributed by atoms with Crippen LogP contribution in [0.15, 0.2) is 22.7 Å². The molecule has 0 fully saturated rings. The molecular formula is C9H8BrClF3NO. The maximum absolute atomic E-state index is 12.4. The maximum atomic E-state index is 12.4. The van der Waals surface area contributed by atoms with Gasteiger partial charge in [0, 0.05) is 11.0 Å². The van der Waals surface area contributed by atoms with E-state index in [1.807, 2.05) is 0 Å². The number of hydrogen-bond acceptors (Lipinski definition) is 2. The predicted molar refractivity (Wildman–Crippen MR) is 58.7 cm³/mol. The standard InChI is InChI=1S/C9H8BrClF3NO/c10-5-1-2-6(11)7(3-5)16-8(4-15)9(12,13)14/h1-3,8H,4,15H2. The molecule has 0 aliphatic carbocycles. The molecule has 90 valence electrons. The van der Waals surface area contributed by atoms with Gasteiger partial charge in [0.1, 0.15) is 5.75 Å². The predicted octanol–water partition coefficient (Wildman–Crippen LogP) is 3.37. The molecule has 1 aromatic carbocycles. The summed E-state index contributed by atoms with van der Waals surface area (Å²) in [6.07, 6.45) is -6.57. The normalized spacial score (nSPS) is 13.6. The topological polar surface area (TPSA) is 35.2 Å². The zero-order chi connectivity index (χ0) is 12.3. The van der Waals surface area contributed by atoms with Crippen molar-refractivity contribution < 1.29 is 17.9 Å². The molecule has 0 aliphatic rings. The van der Waals surface area contributed by atoms with Crippen molar-refractivity contribution in [2.75, 3.05) is 6.54 Å². The van der Waals surface area contributed by atoms with Crippen molar-refractivity contribution in [2.24, 2.45) is 5.73 Å². The zero-order valence-corrected chi connectivity index (χ0v) is 10.2. The monoisotopic (exact) mass is 317 g/mol. The van der Waals surface area contributed by atoms with Gasteiger partial charge in [0.2, 0.25) is 6.10 Å². The Kier molecular flexibility index (Phi) is 4.46. The fraction of sp³-hybridized carbons (Fsp3) is 0.333. The van der Waals surface area contributed by atoms with Crippen molar-refractivity contribution in [3.05, 3.63) is 27.7 Å². The van der Waals surface area contributed by atoms with Crippen molar-refractivity contribution in [2.45, 2.75) is 12.3 Å². The Hall–Kier alpha value is -0.460. The lowest BCUT2D eigenvalue weighted by molar-refractivity contribution is -0.191. The third kappa shape index (κ3) is 3.54. The summed E-state index contributed by atoms with van der Waals surface area (Å²) >= 11 is 8.80. The fourth-order valence-corrected chi connectivity index (χ4v) is 1.47. The molecule has 0 amide bonds. The molecule has 0 spiro atoms. The molecule has 0 saturated heterocycles. The second-order valence-corrected chi connectivity index (χ2v) is 4.28. The Bertz CT molecular complexity index is 372. The SMILES string of the molecule is NCC(Oc1cc(Br)ccc1Cl)C(F)(F)F. The van der Waals surface area contributed by atoms with E-state index in [9.17, 15) is 13.2 Å². The van der Waals surface area contributed by atoms with Gasteiger partial charge in [0.05, 0.1) is 5.02 Å². The van der Waals surface area contributed by atoms with Crippen LogP contribution in [0.5, 0.6) is 5.75 Å². The van der Waals surface area contributed by atoms with Gasteiger partial charge in [-0.2, -0.15) is 13.2 Å². The van der Waals surface area contributed by atoms with Gasteiger partial charge in [-0.3, -0.25) is 0 Å². The third-order valence-corrected chi connectivity index (χ3v) is 2.55. The number of hydrogen-bond donors (Lipinski definition) is 1. The Morgan fingerprint density at radius 2 is 2.06 bits per heavy atom. The van der Waals surface area contributed by atoms with Crippen LogP contribution in [0.1, 0.15) is 0 Å². The first-order chi connectivity index (χ1) is 7.34. The number of ether oxygens (including phenoxy) is 1. The molecule has 16 heavy (non-hydrogen) atoms. The minimum atomic E-state index is -4.51. The van der Waals surface area contributed by atoms with Crippen LogP contribution in [0, 0.1) is 0 Å². The summed E-state index contributed by atoms with van der Waals surface area (Å²) in [5.74, 6) is -0.0520. The van der Waals surface area contributed by atoms with Crippen LogP contribution in [0.4, 0.5) is 13.2 Å². The second kappa shape index (κ2) is 5.25. The lowest BCUT2D eigenvalue weighted by Crippen LogP contribution is -2.40. The van der Waals surface area contributed by atoms with E-state index in [4.69, 9.17) is 22.1 Å². The lowest BCUT2D eigenvalue weighted by Gasteiger charge is -2.20. The molecule has 0 heterocycles. The first-order valence-corrected chi connectivity index (χ1v) is 5.40. The highest BCUT2D eigenvalue weighted by atomic mass is 79.9. The van der Waals surface area contributed by atoms with Crippen LogP contribution < -0.4 is 10.5 Å². The van der Waals surface area contributed by atoms with Crippen molar-refractivity contribution in [1.29, 1.82) is 0 Å². The smallest absolute Gasteiger partial charge is 0.426 e. The lowest BCUT2D eigenvalue weighted by atomic mass is 10.3. The molecule has 0 aliphatic heterocycles. The van der Waals surface area contributed by atoms with Crippen LogP contribution in [0.3, 0.4) is 0 Å². The molecule has 2 nitrogen and oxygen atoms in total. The molecule has 1 rings (SSSR count). The first-order valence-electron chi connectivity index (χ1n) is 4.23. The molecule has 1 atom stereocenters.